The summed E-state index contributed by atoms with van der Waals surface area (Å²) in [6.45, 7) is 18.0. The monoisotopic (exact) mass is 606 g/mol. The summed E-state index contributed by atoms with van der Waals surface area (Å²) in [6, 6.07) is 16.2. The molecule has 2 aliphatic carbocycles. The molecule has 2 atom stereocenters. The molecule has 0 aromatic heterocycles. The summed E-state index contributed by atoms with van der Waals surface area (Å²) in [7, 11) is 0. The second-order valence-electron chi connectivity index (χ2n) is 10.8. The Hall–Kier alpha value is -1.94. The van der Waals surface area contributed by atoms with Gasteiger partial charge in [0.15, 0.2) is 0 Å². The maximum atomic E-state index is 7.46. The fourth-order valence-corrected chi connectivity index (χ4v) is 18.7. The van der Waals surface area contributed by atoms with Gasteiger partial charge in [0.1, 0.15) is 0 Å². The van der Waals surface area contributed by atoms with Crippen LogP contribution in [0.4, 0.5) is 0 Å². The van der Waals surface area contributed by atoms with Crippen molar-refractivity contribution in [1.29, 1.82) is 0 Å². The number of hydrogen-bond donors (Lipinski definition) is 0. The molecule has 0 aliphatic heterocycles. The molecule has 5 heteroatoms. The van der Waals surface area contributed by atoms with Gasteiger partial charge in [-0.15, -0.1) is 0 Å². The average molecular weight is 608 g/mol. The van der Waals surface area contributed by atoms with Gasteiger partial charge in [-0.2, -0.15) is 0 Å². The van der Waals surface area contributed by atoms with Crippen molar-refractivity contribution in [2.75, 3.05) is 0 Å². The summed E-state index contributed by atoms with van der Waals surface area (Å²) in [5.74, 6) is 1.60. The van der Waals surface area contributed by atoms with E-state index in [9.17, 15) is 0 Å². The van der Waals surface area contributed by atoms with Crippen molar-refractivity contribution in [3.8, 4) is 11.5 Å². The fraction of sp³-hybridized carbons (Fsp3) is 0.312. The number of thiocarbonyl (C=S) groups is 2. The van der Waals surface area contributed by atoms with Gasteiger partial charge in [0.25, 0.3) is 0 Å². The second kappa shape index (κ2) is 10.3. The first-order valence-corrected chi connectivity index (χ1v) is 18.1. The fourth-order valence-electron chi connectivity index (χ4n) is 5.97. The predicted molar refractivity (Wildman–Crippen MR) is 161 cm³/mol. The summed E-state index contributed by atoms with van der Waals surface area (Å²) in [4.78, 5) is 0. The second-order valence-corrected chi connectivity index (χ2v) is 20.4. The molecule has 0 N–H and O–H groups in total. The van der Waals surface area contributed by atoms with E-state index in [1.165, 1.54) is 33.4 Å². The van der Waals surface area contributed by atoms with Crippen molar-refractivity contribution in [3.05, 3.63) is 105 Å². The van der Waals surface area contributed by atoms with Gasteiger partial charge in [-0.3, -0.25) is 0 Å². The molecule has 0 fully saturated rings. The van der Waals surface area contributed by atoms with Crippen molar-refractivity contribution < 1.29 is 26.8 Å². The standard InChI is InChI=1S/2C9H13.2C7H6OS.Zr/c2*1-6-5-7(2)9(4)8(6)3;2*8-7-3-1-2-6(4-7)5-9;/h2*5H,1-4H3;2*1-5,8H;/q;;;;+2/p-2. The number of allylic oxidation sites excluding steroid dienone is 8. The van der Waals surface area contributed by atoms with E-state index in [1.807, 2.05) is 48.5 Å². The van der Waals surface area contributed by atoms with Gasteiger partial charge in [-0.25, -0.2) is 0 Å². The van der Waals surface area contributed by atoms with Crippen molar-refractivity contribution in [2.24, 2.45) is 0 Å². The van der Waals surface area contributed by atoms with Crippen molar-refractivity contribution in [2.45, 2.75) is 61.6 Å². The van der Waals surface area contributed by atoms with Gasteiger partial charge >= 0.3 is 240 Å². The van der Waals surface area contributed by atoms with Crippen LogP contribution in [0.3, 0.4) is 0 Å². The van der Waals surface area contributed by atoms with E-state index in [4.69, 9.17) is 30.1 Å². The van der Waals surface area contributed by atoms with Gasteiger partial charge in [0.2, 0.25) is 0 Å². The van der Waals surface area contributed by atoms with Crippen molar-refractivity contribution >= 4 is 35.2 Å². The summed E-state index contributed by atoms with van der Waals surface area (Å²) in [6.07, 6.45) is 4.82. The normalized spacial score (nSPS) is 23.7. The molecule has 0 saturated carbocycles. The molecule has 0 heterocycles. The molecule has 37 heavy (non-hydrogen) atoms. The topological polar surface area (TPSA) is 18.5 Å². The maximum absolute atomic E-state index is 7.46. The van der Waals surface area contributed by atoms with E-state index >= 15 is 0 Å². The van der Waals surface area contributed by atoms with Crippen LogP contribution in [0.2, 0.25) is 6.25 Å². The van der Waals surface area contributed by atoms with Crippen LogP contribution in [0.15, 0.2) is 94.1 Å². The molecule has 2 aromatic rings. The molecule has 2 aromatic carbocycles. The molecular formula is C32H36O2S2Zr. The van der Waals surface area contributed by atoms with Crippen LogP contribution < -0.4 is 5.63 Å². The summed E-state index contributed by atoms with van der Waals surface area (Å²) in [5.41, 5.74) is 9.75. The van der Waals surface area contributed by atoms with E-state index < -0.39 is 21.1 Å². The number of benzene rings is 2. The number of rotatable bonds is 8. The van der Waals surface area contributed by atoms with Crippen LogP contribution in [0, 0.1) is 0 Å². The molecule has 2 unspecified atom stereocenters. The van der Waals surface area contributed by atoms with Crippen molar-refractivity contribution in [1.82, 2.24) is 0 Å². The average Bonchev–Trinajstić information content (AvgIpc) is 3.22. The van der Waals surface area contributed by atoms with Gasteiger partial charge in [0.05, 0.1) is 0 Å². The van der Waals surface area contributed by atoms with Crippen LogP contribution in [0.1, 0.15) is 66.5 Å². The molecule has 0 radical (unpaired) electrons. The quantitative estimate of drug-likeness (QED) is 0.278. The van der Waals surface area contributed by atoms with Crippen LogP contribution >= 0.6 is 24.4 Å². The Labute approximate surface area is 238 Å². The Kier molecular flexibility index (Phi) is 7.83. The minimum absolute atomic E-state index is 0.387. The van der Waals surface area contributed by atoms with E-state index in [2.05, 4.69) is 67.5 Å². The Morgan fingerprint density at radius 1 is 0.649 bits per heavy atom. The van der Waals surface area contributed by atoms with Crippen LogP contribution in [0.25, 0.3) is 0 Å². The molecule has 0 spiro atoms. The third-order valence-corrected chi connectivity index (χ3v) is 21.1. The van der Waals surface area contributed by atoms with E-state index in [0.29, 0.717) is 0 Å². The van der Waals surface area contributed by atoms with Gasteiger partial charge in [-0.1, -0.05) is 0 Å². The molecular weight excluding hydrogens is 572 g/mol. The molecule has 2 nitrogen and oxygen atoms in total. The van der Waals surface area contributed by atoms with Gasteiger partial charge in [0, 0.05) is 0 Å². The number of hydrogen-bond acceptors (Lipinski definition) is 4. The predicted octanol–water partition coefficient (Wildman–Crippen LogP) is 9.77. The van der Waals surface area contributed by atoms with Gasteiger partial charge < -0.3 is 0 Å². The first-order valence-electron chi connectivity index (χ1n) is 12.7. The zero-order chi connectivity index (χ0) is 27.2. The molecule has 0 bridgehead atoms. The minimum atomic E-state index is -4.52. The SMILES string of the molecule is CC1=C[C](C)([Zr]([O]c2cccc(C=S)c2)([O]c2cccc(C=S)c2)[C]2(C)C=C(C)C(C)=C2C)C(C)=C1C. The summed E-state index contributed by atoms with van der Waals surface area (Å²) >= 11 is 6.01. The third-order valence-electron chi connectivity index (χ3n) is 8.76. The summed E-state index contributed by atoms with van der Waals surface area (Å²) in [5, 5.41) is 3.39. The zero-order valence-electron chi connectivity index (χ0n) is 23.1. The van der Waals surface area contributed by atoms with Gasteiger partial charge in [-0.05, 0) is 0 Å². The first kappa shape index (κ1) is 28.1. The summed E-state index contributed by atoms with van der Waals surface area (Å²) < 4.78 is 14.1. The van der Waals surface area contributed by atoms with Crippen molar-refractivity contribution in [3.63, 3.8) is 0 Å². The van der Waals surface area contributed by atoms with E-state index in [-0.39, 0.29) is 6.25 Å². The molecule has 192 valence electrons. The Morgan fingerprint density at radius 2 is 1.03 bits per heavy atom. The Bertz CT molecular complexity index is 1310. The molecule has 2 aliphatic rings. The third kappa shape index (κ3) is 4.52. The molecule has 0 amide bonds. The van der Waals surface area contributed by atoms with Crippen LogP contribution in [0.5, 0.6) is 11.5 Å². The zero-order valence-corrected chi connectivity index (χ0v) is 27.2. The van der Waals surface area contributed by atoms with E-state index in [0.717, 1.165) is 22.6 Å². The first-order chi connectivity index (χ1) is 17.4. The molecule has 0 saturated heterocycles. The molecule has 4 rings (SSSR count). The Balaban J connectivity index is 2.09. The van der Waals surface area contributed by atoms with E-state index in [1.54, 1.807) is 10.7 Å². The van der Waals surface area contributed by atoms with Crippen LogP contribution in [-0.4, -0.2) is 10.7 Å². The van der Waals surface area contributed by atoms with Crippen LogP contribution in [-0.2, 0) is 21.1 Å². The Morgan fingerprint density at radius 3 is 1.32 bits per heavy atom.